The first-order chi connectivity index (χ1) is 9.33. The number of para-hydroxylation sites is 1. The lowest BCUT2D eigenvalue weighted by Gasteiger charge is -2.26. The Kier molecular flexibility index (Phi) is 3.23. The molecule has 2 heterocycles. The van der Waals surface area contributed by atoms with Crippen LogP contribution in [-0.2, 0) is 17.8 Å². The van der Waals surface area contributed by atoms with Gasteiger partial charge in [0.1, 0.15) is 5.76 Å². The topological polar surface area (TPSA) is 45.5 Å². The minimum absolute atomic E-state index is 0.144. The molecule has 3 rings (SSSR count). The van der Waals surface area contributed by atoms with Gasteiger partial charge < -0.3 is 14.6 Å². The Balaban J connectivity index is 1.77. The average Bonchev–Trinajstić information content (AvgIpc) is 2.90. The average molecular weight is 256 g/mol. The smallest absolute Gasteiger partial charge is 0.227 e. The fraction of sp³-hybridized carbons (Fsp3) is 0.267. The monoisotopic (exact) mass is 256 g/mol. The molecule has 0 aliphatic carbocycles. The number of fused-ring (bicyclic) bond motifs is 1. The van der Waals surface area contributed by atoms with Crippen LogP contribution in [0.15, 0.2) is 47.1 Å². The molecule has 4 heteroatoms. The van der Waals surface area contributed by atoms with Gasteiger partial charge in [0.05, 0.1) is 19.2 Å². The molecule has 4 nitrogen and oxygen atoms in total. The highest BCUT2D eigenvalue weighted by molar-refractivity contribution is 5.81. The van der Waals surface area contributed by atoms with E-state index in [1.54, 1.807) is 6.26 Å². The third-order valence-corrected chi connectivity index (χ3v) is 3.34. The Bertz CT molecular complexity index is 563. The molecule has 0 spiro atoms. The summed E-state index contributed by atoms with van der Waals surface area (Å²) in [7, 11) is 0. The van der Waals surface area contributed by atoms with E-state index in [0.29, 0.717) is 19.5 Å². The normalized spacial score (nSPS) is 15.4. The van der Waals surface area contributed by atoms with Crippen molar-refractivity contribution in [3.8, 4) is 0 Å². The van der Waals surface area contributed by atoms with E-state index in [0.717, 1.165) is 23.6 Å². The number of benzene rings is 1. The molecular weight excluding hydrogens is 240 g/mol. The third kappa shape index (κ3) is 2.62. The molecule has 0 radical (unpaired) electrons. The van der Waals surface area contributed by atoms with Crippen molar-refractivity contribution in [1.82, 2.24) is 4.90 Å². The van der Waals surface area contributed by atoms with Gasteiger partial charge in [-0.25, -0.2) is 0 Å². The minimum Gasteiger partial charge on any atom is -0.467 e. The summed E-state index contributed by atoms with van der Waals surface area (Å²) in [4.78, 5) is 14.1. The molecule has 1 N–H and O–H groups in total. The fourth-order valence-corrected chi connectivity index (χ4v) is 2.33. The molecule has 1 amide bonds. The van der Waals surface area contributed by atoms with Gasteiger partial charge in [-0.3, -0.25) is 4.79 Å². The number of nitrogens with one attached hydrogen (secondary N) is 1. The third-order valence-electron chi connectivity index (χ3n) is 3.34. The van der Waals surface area contributed by atoms with Gasteiger partial charge in [0, 0.05) is 18.8 Å². The van der Waals surface area contributed by atoms with E-state index in [1.165, 1.54) is 0 Å². The molecule has 19 heavy (non-hydrogen) atoms. The van der Waals surface area contributed by atoms with Gasteiger partial charge in [-0.15, -0.1) is 0 Å². The number of nitrogens with zero attached hydrogens (tertiary/aromatic N) is 1. The second kappa shape index (κ2) is 5.18. The molecule has 1 aromatic carbocycles. The molecule has 1 aromatic heterocycles. The summed E-state index contributed by atoms with van der Waals surface area (Å²) in [6, 6.07) is 11.7. The number of carbonyl (C=O) groups is 1. The van der Waals surface area contributed by atoms with Crippen molar-refractivity contribution in [2.24, 2.45) is 0 Å². The Labute approximate surface area is 112 Å². The van der Waals surface area contributed by atoms with Crippen molar-refractivity contribution in [3.05, 3.63) is 54.0 Å². The summed E-state index contributed by atoms with van der Waals surface area (Å²) in [6.07, 6.45) is 2.07. The molecular formula is C15H16N2O2. The Hall–Kier alpha value is -2.23. The molecule has 0 saturated heterocycles. The molecule has 0 unspecified atom stereocenters. The molecule has 0 fully saturated rings. The van der Waals surface area contributed by atoms with E-state index in [2.05, 4.69) is 5.32 Å². The maximum atomic E-state index is 12.3. The Morgan fingerprint density at radius 1 is 1.21 bits per heavy atom. The van der Waals surface area contributed by atoms with Gasteiger partial charge in [0.25, 0.3) is 0 Å². The number of anilines is 1. The van der Waals surface area contributed by atoms with Crippen molar-refractivity contribution in [1.29, 1.82) is 0 Å². The van der Waals surface area contributed by atoms with E-state index >= 15 is 0 Å². The Morgan fingerprint density at radius 3 is 2.95 bits per heavy atom. The van der Waals surface area contributed by atoms with Crippen molar-refractivity contribution in [2.45, 2.75) is 13.0 Å². The highest BCUT2D eigenvalue weighted by atomic mass is 16.3. The summed E-state index contributed by atoms with van der Waals surface area (Å²) in [5, 5.41) is 3.37. The van der Waals surface area contributed by atoms with Crippen molar-refractivity contribution in [3.63, 3.8) is 0 Å². The van der Waals surface area contributed by atoms with Crippen LogP contribution in [0.3, 0.4) is 0 Å². The Morgan fingerprint density at radius 2 is 2.11 bits per heavy atom. The first-order valence-electron chi connectivity index (χ1n) is 6.45. The number of carbonyl (C=O) groups excluding carboxylic acids is 1. The molecule has 1 aliphatic rings. The summed E-state index contributed by atoms with van der Waals surface area (Å²) < 4.78 is 5.31. The predicted octanol–water partition coefficient (Wildman–Crippen LogP) is 2.28. The molecule has 98 valence electrons. The van der Waals surface area contributed by atoms with Crippen LogP contribution in [0.4, 0.5) is 5.69 Å². The maximum Gasteiger partial charge on any atom is 0.227 e. The van der Waals surface area contributed by atoms with Crippen LogP contribution < -0.4 is 5.32 Å². The summed E-state index contributed by atoms with van der Waals surface area (Å²) in [5.74, 6) is 0.965. The highest BCUT2D eigenvalue weighted by Crippen LogP contribution is 2.19. The van der Waals surface area contributed by atoms with Crippen LogP contribution in [0, 0.1) is 0 Å². The van der Waals surface area contributed by atoms with Crippen LogP contribution in [0.5, 0.6) is 0 Å². The number of hydrogen-bond donors (Lipinski definition) is 1. The van der Waals surface area contributed by atoms with Gasteiger partial charge in [-0.2, -0.15) is 0 Å². The van der Waals surface area contributed by atoms with E-state index in [9.17, 15) is 4.79 Å². The van der Waals surface area contributed by atoms with Crippen LogP contribution in [0.1, 0.15) is 11.3 Å². The molecule has 0 atom stereocenters. The number of rotatable bonds is 2. The van der Waals surface area contributed by atoms with Gasteiger partial charge >= 0.3 is 0 Å². The zero-order valence-corrected chi connectivity index (χ0v) is 10.6. The summed E-state index contributed by atoms with van der Waals surface area (Å²) in [5.41, 5.74) is 2.12. The highest BCUT2D eigenvalue weighted by Gasteiger charge is 2.19. The van der Waals surface area contributed by atoms with Crippen LogP contribution in [-0.4, -0.2) is 23.9 Å². The van der Waals surface area contributed by atoms with Crippen molar-refractivity contribution in [2.75, 3.05) is 18.4 Å². The lowest BCUT2D eigenvalue weighted by molar-refractivity contribution is -0.131. The molecule has 1 aliphatic heterocycles. The van der Waals surface area contributed by atoms with Gasteiger partial charge in [0.15, 0.2) is 0 Å². The van der Waals surface area contributed by atoms with Crippen molar-refractivity contribution < 1.29 is 9.21 Å². The lowest BCUT2D eigenvalue weighted by atomic mass is 10.1. The second-order valence-electron chi connectivity index (χ2n) is 4.66. The standard InChI is InChI=1S/C15H16N2O2/c18-15-10-12-4-1-2-6-14(12)16-7-8-17(15)11-13-5-3-9-19-13/h1-6,9,16H,7-8,10-11H2. The van der Waals surface area contributed by atoms with E-state index in [-0.39, 0.29) is 5.91 Å². The summed E-state index contributed by atoms with van der Waals surface area (Å²) >= 11 is 0. The van der Waals surface area contributed by atoms with E-state index in [1.807, 2.05) is 41.3 Å². The first kappa shape index (κ1) is 11.8. The van der Waals surface area contributed by atoms with Gasteiger partial charge in [-0.1, -0.05) is 18.2 Å². The molecule has 2 aromatic rings. The largest absolute Gasteiger partial charge is 0.467 e. The van der Waals surface area contributed by atoms with Crippen LogP contribution >= 0.6 is 0 Å². The summed E-state index contributed by atoms with van der Waals surface area (Å²) in [6.45, 7) is 1.98. The predicted molar refractivity (Wildman–Crippen MR) is 72.8 cm³/mol. The van der Waals surface area contributed by atoms with Crippen LogP contribution in [0.2, 0.25) is 0 Å². The van der Waals surface area contributed by atoms with Gasteiger partial charge in [-0.05, 0) is 23.8 Å². The minimum atomic E-state index is 0.144. The first-order valence-corrected chi connectivity index (χ1v) is 6.45. The fourth-order valence-electron chi connectivity index (χ4n) is 2.33. The second-order valence-corrected chi connectivity index (χ2v) is 4.66. The maximum absolute atomic E-state index is 12.3. The number of hydrogen-bond acceptors (Lipinski definition) is 3. The lowest BCUT2D eigenvalue weighted by Crippen LogP contribution is -2.37. The molecule has 0 bridgehead atoms. The molecule has 0 saturated carbocycles. The van der Waals surface area contributed by atoms with E-state index < -0.39 is 0 Å². The SMILES string of the molecule is O=C1Cc2ccccc2NCCN1Cc1ccco1. The number of amides is 1. The zero-order valence-electron chi connectivity index (χ0n) is 10.6. The number of furan rings is 1. The zero-order chi connectivity index (χ0) is 13.1. The van der Waals surface area contributed by atoms with Crippen molar-refractivity contribution >= 4 is 11.6 Å². The quantitative estimate of drug-likeness (QED) is 0.896. The van der Waals surface area contributed by atoms with Crippen LogP contribution in [0.25, 0.3) is 0 Å². The van der Waals surface area contributed by atoms with E-state index in [4.69, 9.17) is 4.42 Å². The van der Waals surface area contributed by atoms with Gasteiger partial charge in [0.2, 0.25) is 5.91 Å².